The van der Waals surface area contributed by atoms with Gasteiger partial charge in [0.2, 0.25) is 0 Å². The van der Waals surface area contributed by atoms with Gasteiger partial charge in [0.15, 0.2) is 23.2 Å². The maximum atomic E-state index is 7.35. The van der Waals surface area contributed by atoms with Gasteiger partial charge < -0.3 is 0 Å². The summed E-state index contributed by atoms with van der Waals surface area (Å²) in [7, 11) is 0. The zero-order chi connectivity index (χ0) is 37.4. The number of benzene rings is 8. The normalized spacial score (nSPS) is 11.2. The molecule has 0 atom stereocenters. The molecule has 0 amide bonds. The van der Waals surface area contributed by atoms with Gasteiger partial charge in [0.05, 0.1) is 12.1 Å². The first kappa shape index (κ1) is 32.8. The van der Waals surface area contributed by atoms with Crippen LogP contribution in [0.4, 0.5) is 5.69 Å². The highest BCUT2D eigenvalue weighted by Gasteiger charge is 2.17. The third-order valence-corrected chi connectivity index (χ3v) is 10.4. The summed E-state index contributed by atoms with van der Waals surface area (Å²) < 4.78 is 0. The molecule has 0 unspecified atom stereocenters. The average molecular weight is 714 g/mol. The lowest BCUT2D eigenvalue weighted by atomic mass is 9.88. The molecule has 2 heterocycles. The predicted molar refractivity (Wildman–Crippen MR) is 229 cm³/mol. The molecule has 0 fully saturated rings. The monoisotopic (exact) mass is 713 g/mol. The number of nitrogens with zero attached hydrogens (tertiary/aromatic N) is 5. The fourth-order valence-electron chi connectivity index (χ4n) is 7.64. The van der Waals surface area contributed by atoms with Crippen LogP contribution < -0.4 is 0 Å². The molecule has 0 spiro atoms. The van der Waals surface area contributed by atoms with Crippen LogP contribution in [0.15, 0.2) is 188 Å². The Morgan fingerprint density at radius 2 is 0.839 bits per heavy atom. The summed E-state index contributed by atoms with van der Waals surface area (Å²) in [6.07, 6.45) is 1.87. The highest BCUT2D eigenvalue weighted by molar-refractivity contribution is 6.23. The standard InChI is InChI=1S/C51H31N5/c1-52-40-26-24-33(25-27-40)36-17-10-18-37(29-36)44-31-47-43-23-12-28-53-48(43)45(32-46(47)42-22-9-8-21-41(42)44)38-19-11-20-39(30-38)51-55-49(34-13-4-2-5-14-34)54-50(56-51)35-15-6-3-7-16-35/h2-32H. The van der Waals surface area contributed by atoms with Gasteiger partial charge >= 0.3 is 0 Å². The van der Waals surface area contributed by atoms with Gasteiger partial charge in [0.1, 0.15) is 0 Å². The Hall–Kier alpha value is -7.81. The van der Waals surface area contributed by atoms with Gasteiger partial charge in [-0.25, -0.2) is 19.8 Å². The van der Waals surface area contributed by atoms with E-state index in [4.69, 9.17) is 26.5 Å². The molecule has 0 radical (unpaired) electrons. The largest absolute Gasteiger partial charge is 0.256 e. The molecule has 0 saturated heterocycles. The second-order valence-corrected chi connectivity index (χ2v) is 13.7. The van der Waals surface area contributed by atoms with E-state index in [0.717, 1.165) is 71.7 Å². The minimum Gasteiger partial charge on any atom is -0.256 e. The number of hydrogen-bond acceptors (Lipinski definition) is 4. The molecule has 8 aromatic carbocycles. The first-order chi connectivity index (χ1) is 27.7. The van der Waals surface area contributed by atoms with Gasteiger partial charge in [0.25, 0.3) is 0 Å². The molecule has 10 rings (SSSR count). The van der Waals surface area contributed by atoms with Crippen molar-refractivity contribution in [2.75, 3.05) is 0 Å². The van der Waals surface area contributed by atoms with Crippen LogP contribution in [0.3, 0.4) is 0 Å². The van der Waals surface area contributed by atoms with Crippen molar-refractivity contribution in [2.45, 2.75) is 0 Å². The first-order valence-electron chi connectivity index (χ1n) is 18.5. The lowest BCUT2D eigenvalue weighted by molar-refractivity contribution is 1.07. The summed E-state index contributed by atoms with van der Waals surface area (Å²) in [4.78, 5) is 23.5. The van der Waals surface area contributed by atoms with Gasteiger partial charge in [0, 0.05) is 33.8 Å². The topological polar surface area (TPSA) is 55.9 Å². The van der Waals surface area contributed by atoms with E-state index in [0.29, 0.717) is 23.2 Å². The molecule has 260 valence electrons. The van der Waals surface area contributed by atoms with Gasteiger partial charge in [-0.15, -0.1) is 0 Å². The Bertz CT molecular complexity index is 3070. The van der Waals surface area contributed by atoms with Crippen LogP contribution in [-0.4, -0.2) is 19.9 Å². The van der Waals surface area contributed by atoms with E-state index in [2.05, 4.69) is 95.8 Å². The fraction of sp³-hybridized carbons (Fsp3) is 0. The zero-order valence-corrected chi connectivity index (χ0v) is 30.1. The van der Waals surface area contributed by atoms with Crippen molar-refractivity contribution in [1.82, 2.24) is 19.9 Å². The number of fused-ring (bicyclic) bond motifs is 5. The molecular formula is C51H31N5. The molecule has 2 aromatic heterocycles. The molecular weight excluding hydrogens is 683 g/mol. The summed E-state index contributed by atoms with van der Waals surface area (Å²) in [5.74, 6) is 1.87. The minimum atomic E-state index is 0.609. The van der Waals surface area contributed by atoms with E-state index in [1.54, 1.807) is 0 Å². The molecule has 0 aliphatic rings. The summed E-state index contributed by atoms with van der Waals surface area (Å²) in [6, 6.07) is 62.5. The van der Waals surface area contributed by atoms with Crippen LogP contribution in [0.2, 0.25) is 0 Å². The second-order valence-electron chi connectivity index (χ2n) is 13.7. The quantitative estimate of drug-likeness (QED) is 0.127. The highest BCUT2D eigenvalue weighted by Crippen LogP contribution is 2.42. The summed E-state index contributed by atoms with van der Waals surface area (Å²) in [5.41, 5.74) is 10.9. The minimum absolute atomic E-state index is 0.609. The van der Waals surface area contributed by atoms with Crippen molar-refractivity contribution >= 4 is 38.1 Å². The number of rotatable bonds is 6. The lowest BCUT2D eigenvalue weighted by Gasteiger charge is -2.16. The van der Waals surface area contributed by atoms with Crippen molar-refractivity contribution in [3.63, 3.8) is 0 Å². The van der Waals surface area contributed by atoms with Crippen LogP contribution >= 0.6 is 0 Å². The van der Waals surface area contributed by atoms with E-state index < -0.39 is 0 Å². The summed E-state index contributed by atoms with van der Waals surface area (Å²) in [6.45, 7) is 7.35. The third-order valence-electron chi connectivity index (χ3n) is 10.4. The van der Waals surface area contributed by atoms with E-state index in [1.165, 1.54) is 10.8 Å². The lowest BCUT2D eigenvalue weighted by Crippen LogP contribution is -2.00. The maximum absolute atomic E-state index is 7.35. The smallest absolute Gasteiger partial charge is 0.187 e. The van der Waals surface area contributed by atoms with E-state index in [-0.39, 0.29) is 0 Å². The molecule has 56 heavy (non-hydrogen) atoms. The van der Waals surface area contributed by atoms with Crippen LogP contribution in [0.5, 0.6) is 0 Å². The van der Waals surface area contributed by atoms with Crippen LogP contribution in [0.25, 0.3) is 105 Å². The SMILES string of the molecule is [C-]#[N+]c1ccc(-c2cccc(-c3cc4c5cccnc5c(-c5cccc(-c6nc(-c7ccccc7)nc(-c7ccccc7)n6)c5)cc4c4ccccc34)c2)cc1. The fourth-order valence-corrected chi connectivity index (χ4v) is 7.64. The number of hydrogen-bond donors (Lipinski definition) is 0. The molecule has 10 aromatic rings. The van der Waals surface area contributed by atoms with Gasteiger partial charge in [-0.05, 0) is 79.7 Å². The van der Waals surface area contributed by atoms with Gasteiger partial charge in [-0.2, -0.15) is 0 Å². The van der Waals surface area contributed by atoms with Gasteiger partial charge in [-0.1, -0.05) is 152 Å². The molecule has 0 aliphatic carbocycles. The Morgan fingerprint density at radius 3 is 1.52 bits per heavy atom. The van der Waals surface area contributed by atoms with E-state index in [1.807, 2.05) is 97.2 Å². The van der Waals surface area contributed by atoms with E-state index in [9.17, 15) is 0 Å². The molecule has 0 bridgehead atoms. The molecule has 5 nitrogen and oxygen atoms in total. The van der Waals surface area contributed by atoms with Crippen molar-refractivity contribution < 1.29 is 0 Å². The average Bonchev–Trinajstić information content (AvgIpc) is 3.29. The molecule has 0 saturated carbocycles. The Kier molecular flexibility index (Phi) is 8.13. The molecule has 0 aliphatic heterocycles. The maximum Gasteiger partial charge on any atom is 0.187 e. The molecule has 5 heteroatoms. The van der Waals surface area contributed by atoms with Crippen LogP contribution in [0.1, 0.15) is 0 Å². The number of pyridine rings is 1. The van der Waals surface area contributed by atoms with Crippen molar-refractivity contribution in [2.24, 2.45) is 0 Å². The van der Waals surface area contributed by atoms with Gasteiger partial charge in [-0.3, -0.25) is 4.98 Å². The van der Waals surface area contributed by atoms with Crippen molar-refractivity contribution in [1.29, 1.82) is 0 Å². The predicted octanol–water partition coefficient (Wildman–Crippen LogP) is 13.3. The Labute approximate surface area is 324 Å². The van der Waals surface area contributed by atoms with Crippen LogP contribution in [-0.2, 0) is 0 Å². The summed E-state index contributed by atoms with van der Waals surface area (Å²) in [5, 5.41) is 5.74. The zero-order valence-electron chi connectivity index (χ0n) is 30.1. The third kappa shape index (κ3) is 5.92. The Balaban J connectivity index is 1.14. The van der Waals surface area contributed by atoms with Crippen LogP contribution in [0, 0.1) is 6.57 Å². The first-order valence-corrected chi connectivity index (χ1v) is 18.5. The second kappa shape index (κ2) is 13.9. The summed E-state index contributed by atoms with van der Waals surface area (Å²) >= 11 is 0. The number of aromatic nitrogens is 4. The highest BCUT2D eigenvalue weighted by atomic mass is 15.0. The molecule has 0 N–H and O–H groups in total. The van der Waals surface area contributed by atoms with Crippen molar-refractivity contribution in [3.8, 4) is 67.5 Å². The Morgan fingerprint density at radius 1 is 0.339 bits per heavy atom. The van der Waals surface area contributed by atoms with Crippen molar-refractivity contribution in [3.05, 3.63) is 200 Å². The van der Waals surface area contributed by atoms with E-state index >= 15 is 0 Å².